The maximum atomic E-state index is 7.22. The summed E-state index contributed by atoms with van der Waals surface area (Å²) in [5.74, 6) is 0. The van der Waals surface area contributed by atoms with Crippen LogP contribution in [-0.4, -0.2) is 103 Å². The van der Waals surface area contributed by atoms with Gasteiger partial charge in [-0.3, -0.25) is 0 Å². The van der Waals surface area contributed by atoms with Gasteiger partial charge in [0, 0.05) is 17.6 Å². The van der Waals surface area contributed by atoms with Gasteiger partial charge in [-0.05, 0) is 38.6 Å². The van der Waals surface area contributed by atoms with Crippen LogP contribution in [0.25, 0.3) is 0 Å². The molecule has 0 saturated carbocycles. The summed E-state index contributed by atoms with van der Waals surface area (Å²) in [4.78, 5) is 0. The summed E-state index contributed by atoms with van der Waals surface area (Å²) in [6, 6.07) is 0. The average Bonchev–Trinajstić information content (AvgIpc) is 3.56. The molecule has 0 aromatic carbocycles. The third-order valence-corrected chi connectivity index (χ3v) is 6.70. The lowest BCUT2D eigenvalue weighted by Crippen LogP contribution is -2.60. The Morgan fingerprint density at radius 2 is 1.06 bits per heavy atom. The molecule has 4 saturated heterocycles. The highest BCUT2D eigenvalue weighted by Gasteiger charge is 2.57. The van der Waals surface area contributed by atoms with Crippen LogP contribution < -0.4 is 11.5 Å². The second-order valence-electron chi connectivity index (χ2n) is 9.49. The number of hydrogen-bond acceptors (Lipinski definition) is 9. The fourth-order valence-electron chi connectivity index (χ4n) is 4.59. The normalized spacial score (nSPS) is 32.3. The van der Waals surface area contributed by atoms with Crippen molar-refractivity contribution in [2.45, 2.75) is 62.1 Å². The summed E-state index contributed by atoms with van der Waals surface area (Å²) < 4.78 is 39.7. The Labute approximate surface area is 185 Å². The van der Waals surface area contributed by atoms with Crippen LogP contribution >= 0.6 is 0 Å². The van der Waals surface area contributed by atoms with Gasteiger partial charge in [-0.15, -0.1) is 0 Å². The zero-order valence-corrected chi connectivity index (χ0v) is 18.6. The predicted molar refractivity (Wildman–Crippen MR) is 113 cm³/mol. The van der Waals surface area contributed by atoms with E-state index in [1.54, 1.807) is 0 Å². The van der Waals surface area contributed by atoms with Crippen molar-refractivity contribution in [3.8, 4) is 0 Å². The average molecular weight is 445 g/mol. The van der Waals surface area contributed by atoms with Gasteiger partial charge in [0.05, 0.1) is 83.9 Å². The van der Waals surface area contributed by atoms with E-state index < -0.39 is 5.54 Å². The second kappa shape index (κ2) is 11.2. The first kappa shape index (κ1) is 23.8. The van der Waals surface area contributed by atoms with Crippen LogP contribution in [-0.2, 0) is 33.2 Å². The number of ether oxygens (including phenoxy) is 7. The molecule has 0 radical (unpaired) electrons. The van der Waals surface area contributed by atoms with E-state index in [0.29, 0.717) is 46.2 Å². The standard InChI is InChI=1S/C22H40N2O7/c23-2-1-3-25-4-5-26-6-7-27-16-21(8-17-12-28-17,9-18-13-29-18)22(24,10-19-14-30-19)11-20-15-31-20/h17-20H,1-16,23-24H2. The molecular formula is C22H40N2O7. The van der Waals surface area contributed by atoms with Gasteiger partial charge in [0.1, 0.15) is 0 Å². The lowest BCUT2D eigenvalue weighted by Gasteiger charge is -2.48. The SMILES string of the molecule is NCCCOCCOCCOCC(CC1CO1)(CC1CO1)C(N)(CC1CO1)CC1CO1. The first-order chi connectivity index (χ1) is 15.1. The highest BCUT2D eigenvalue weighted by Crippen LogP contribution is 2.50. The molecule has 31 heavy (non-hydrogen) atoms. The van der Waals surface area contributed by atoms with E-state index in [-0.39, 0.29) is 29.8 Å². The van der Waals surface area contributed by atoms with E-state index in [0.717, 1.165) is 58.5 Å². The van der Waals surface area contributed by atoms with Crippen LogP contribution in [0.4, 0.5) is 0 Å². The summed E-state index contributed by atoms with van der Waals surface area (Å²) in [7, 11) is 0. The van der Waals surface area contributed by atoms with Crippen molar-refractivity contribution >= 4 is 0 Å². The van der Waals surface area contributed by atoms with E-state index in [2.05, 4.69) is 0 Å². The topological polar surface area (TPSA) is 130 Å². The van der Waals surface area contributed by atoms with E-state index in [1.165, 1.54) is 0 Å². The van der Waals surface area contributed by atoms with Gasteiger partial charge >= 0.3 is 0 Å². The smallest absolute Gasteiger partial charge is 0.0827 e. The summed E-state index contributed by atoms with van der Waals surface area (Å²) >= 11 is 0. The Balaban J connectivity index is 1.30. The fourth-order valence-corrected chi connectivity index (χ4v) is 4.59. The number of nitrogens with two attached hydrogens (primary N) is 2. The van der Waals surface area contributed by atoms with Crippen LogP contribution in [0.3, 0.4) is 0 Å². The van der Waals surface area contributed by atoms with Crippen LogP contribution in [0.1, 0.15) is 32.1 Å². The molecule has 0 spiro atoms. The van der Waals surface area contributed by atoms with Gasteiger partial charge in [-0.25, -0.2) is 0 Å². The molecule has 9 heteroatoms. The van der Waals surface area contributed by atoms with Crippen LogP contribution in [0.5, 0.6) is 0 Å². The maximum Gasteiger partial charge on any atom is 0.0827 e. The summed E-state index contributed by atoms with van der Waals surface area (Å²) in [6.45, 7) is 7.29. The molecule has 4 fully saturated rings. The third-order valence-electron chi connectivity index (χ3n) is 6.70. The predicted octanol–water partition coefficient (Wildman–Crippen LogP) is 0.225. The second-order valence-corrected chi connectivity index (χ2v) is 9.49. The lowest BCUT2D eigenvalue weighted by atomic mass is 9.61. The molecule has 4 unspecified atom stereocenters. The molecule has 0 aromatic rings. The molecule has 0 bridgehead atoms. The maximum absolute atomic E-state index is 7.22. The van der Waals surface area contributed by atoms with Gasteiger partial charge in [-0.1, -0.05) is 0 Å². The minimum atomic E-state index is -0.440. The zero-order chi connectivity index (χ0) is 21.6. The molecule has 4 heterocycles. The fraction of sp³-hybridized carbons (Fsp3) is 1.00. The van der Waals surface area contributed by atoms with Crippen LogP contribution in [0.15, 0.2) is 0 Å². The van der Waals surface area contributed by atoms with E-state index >= 15 is 0 Å². The molecule has 4 rings (SSSR count). The summed E-state index contributed by atoms with van der Waals surface area (Å²) in [6.07, 6.45) is 5.30. The van der Waals surface area contributed by atoms with Gasteiger partial charge in [-0.2, -0.15) is 0 Å². The minimum absolute atomic E-state index is 0.238. The van der Waals surface area contributed by atoms with Gasteiger partial charge in [0.2, 0.25) is 0 Å². The number of rotatable bonds is 20. The first-order valence-corrected chi connectivity index (χ1v) is 11.8. The zero-order valence-electron chi connectivity index (χ0n) is 18.6. The van der Waals surface area contributed by atoms with Crippen molar-refractivity contribution in [1.29, 1.82) is 0 Å². The van der Waals surface area contributed by atoms with Gasteiger partial charge in [0.15, 0.2) is 0 Å². The Morgan fingerprint density at radius 3 is 1.52 bits per heavy atom. The quantitative estimate of drug-likeness (QED) is 0.200. The molecule has 4 N–H and O–H groups in total. The van der Waals surface area contributed by atoms with Crippen molar-refractivity contribution in [2.75, 3.05) is 72.6 Å². The monoisotopic (exact) mass is 444 g/mol. The molecule has 4 aliphatic rings. The van der Waals surface area contributed by atoms with Crippen molar-refractivity contribution in [2.24, 2.45) is 16.9 Å². The molecular weight excluding hydrogens is 404 g/mol. The largest absolute Gasteiger partial charge is 0.379 e. The Kier molecular flexibility index (Phi) is 8.58. The summed E-state index contributed by atoms with van der Waals surface area (Å²) in [5.41, 5.74) is 12.0. The van der Waals surface area contributed by atoms with E-state index in [4.69, 9.17) is 44.6 Å². The van der Waals surface area contributed by atoms with Gasteiger partial charge < -0.3 is 44.6 Å². The molecule has 0 aliphatic carbocycles. The molecule has 0 amide bonds. The van der Waals surface area contributed by atoms with Crippen molar-refractivity contribution < 1.29 is 33.2 Å². The van der Waals surface area contributed by atoms with E-state index in [1.807, 2.05) is 0 Å². The van der Waals surface area contributed by atoms with Crippen LogP contribution in [0, 0.1) is 5.41 Å². The first-order valence-electron chi connectivity index (χ1n) is 11.8. The highest BCUT2D eigenvalue weighted by molar-refractivity contribution is 5.10. The molecule has 0 aromatic heterocycles. The summed E-state index contributed by atoms with van der Waals surface area (Å²) in [5, 5.41) is 0. The van der Waals surface area contributed by atoms with Crippen LogP contribution in [0.2, 0.25) is 0 Å². The minimum Gasteiger partial charge on any atom is -0.379 e. The third kappa shape index (κ3) is 7.87. The molecule has 4 aliphatic heterocycles. The number of hydrogen-bond donors (Lipinski definition) is 2. The molecule has 4 atom stereocenters. The highest BCUT2D eigenvalue weighted by atomic mass is 16.6. The Bertz CT molecular complexity index is 508. The van der Waals surface area contributed by atoms with Crippen molar-refractivity contribution in [3.63, 3.8) is 0 Å². The number of epoxide rings is 4. The van der Waals surface area contributed by atoms with Crippen molar-refractivity contribution in [1.82, 2.24) is 0 Å². The van der Waals surface area contributed by atoms with Gasteiger partial charge in [0.25, 0.3) is 0 Å². The molecule has 9 nitrogen and oxygen atoms in total. The Morgan fingerprint density at radius 1 is 0.645 bits per heavy atom. The lowest BCUT2D eigenvalue weighted by molar-refractivity contribution is -0.0563. The Hall–Kier alpha value is -0.360. The van der Waals surface area contributed by atoms with Crippen molar-refractivity contribution in [3.05, 3.63) is 0 Å². The van der Waals surface area contributed by atoms with E-state index in [9.17, 15) is 0 Å². The molecule has 180 valence electrons.